The van der Waals surface area contributed by atoms with Gasteiger partial charge in [0.05, 0.1) is 34.9 Å². The number of hydrogen-bond donors (Lipinski definition) is 2. The highest BCUT2D eigenvalue weighted by Gasteiger charge is 2.42. The van der Waals surface area contributed by atoms with Gasteiger partial charge in [-0.3, -0.25) is 9.89 Å². The summed E-state index contributed by atoms with van der Waals surface area (Å²) in [5.41, 5.74) is 3.97. The minimum absolute atomic E-state index is 0.137. The third-order valence-corrected chi connectivity index (χ3v) is 8.16. The lowest BCUT2D eigenvalue weighted by Gasteiger charge is -2.21. The fourth-order valence-electron chi connectivity index (χ4n) is 6.15. The number of fused-ring (bicyclic) bond motifs is 4. The first kappa shape index (κ1) is 23.9. The molecule has 0 bridgehead atoms. The first-order valence-electron chi connectivity index (χ1n) is 13.2. The molecule has 6 heterocycles. The predicted octanol–water partition coefficient (Wildman–Crippen LogP) is 4.36. The average Bonchev–Trinajstić information content (AvgIpc) is 3.69. The highest BCUT2D eigenvalue weighted by molar-refractivity contribution is 6.33. The quantitative estimate of drug-likeness (QED) is 0.327. The van der Waals surface area contributed by atoms with Crippen molar-refractivity contribution in [1.29, 1.82) is 0 Å². The van der Waals surface area contributed by atoms with Crippen LogP contribution in [0.1, 0.15) is 30.3 Å². The first-order valence-corrected chi connectivity index (χ1v) is 13.6. The van der Waals surface area contributed by atoms with Gasteiger partial charge in [-0.15, -0.1) is 5.10 Å². The number of ether oxygens (including phenoxy) is 1. The smallest absolute Gasteiger partial charge is 0.271 e. The first-order chi connectivity index (χ1) is 19.1. The molecule has 2 N–H and O–H groups in total. The summed E-state index contributed by atoms with van der Waals surface area (Å²) in [5, 5.41) is 16.2. The van der Waals surface area contributed by atoms with Crippen molar-refractivity contribution in [2.75, 3.05) is 24.6 Å². The number of carbonyl (C=O) groups excluding carboxylic acids is 1. The fourth-order valence-corrected chi connectivity index (χ4v) is 6.36. The second-order valence-corrected chi connectivity index (χ2v) is 10.7. The number of hydrogen-bond acceptors (Lipinski definition) is 7. The summed E-state index contributed by atoms with van der Waals surface area (Å²) in [4.78, 5) is 24.0. The highest BCUT2D eigenvalue weighted by atomic mass is 35.5. The van der Waals surface area contributed by atoms with E-state index in [2.05, 4.69) is 42.6 Å². The van der Waals surface area contributed by atoms with Crippen molar-refractivity contribution in [3.05, 3.63) is 65.8 Å². The summed E-state index contributed by atoms with van der Waals surface area (Å²) in [6, 6.07) is 9.79. The van der Waals surface area contributed by atoms with E-state index in [0.29, 0.717) is 23.5 Å². The molecule has 198 valence electrons. The number of anilines is 1. The van der Waals surface area contributed by atoms with Gasteiger partial charge in [0.15, 0.2) is 5.65 Å². The van der Waals surface area contributed by atoms with E-state index in [4.69, 9.17) is 21.3 Å². The number of H-pyrrole nitrogens is 1. The van der Waals surface area contributed by atoms with Crippen LogP contribution in [0, 0.1) is 11.8 Å². The van der Waals surface area contributed by atoms with Gasteiger partial charge in [-0.1, -0.05) is 11.6 Å². The molecular formula is C28H27ClN8O2. The van der Waals surface area contributed by atoms with Crippen LogP contribution in [0.25, 0.3) is 27.7 Å². The van der Waals surface area contributed by atoms with Crippen LogP contribution >= 0.6 is 11.6 Å². The summed E-state index contributed by atoms with van der Waals surface area (Å²) >= 11 is 6.15. The molecule has 0 spiro atoms. The Morgan fingerprint density at radius 1 is 1.18 bits per heavy atom. The van der Waals surface area contributed by atoms with Crippen LogP contribution in [0.15, 0.2) is 55.1 Å². The number of pyridine rings is 3. The third-order valence-electron chi connectivity index (χ3n) is 7.86. The molecule has 5 aromatic rings. The Bertz CT molecular complexity index is 1670. The van der Waals surface area contributed by atoms with E-state index in [1.54, 1.807) is 24.5 Å². The number of aromatic amines is 1. The molecule has 39 heavy (non-hydrogen) atoms. The van der Waals surface area contributed by atoms with Gasteiger partial charge in [0.25, 0.3) is 5.91 Å². The van der Waals surface area contributed by atoms with E-state index >= 15 is 0 Å². The number of nitrogens with one attached hydrogen (secondary N) is 2. The lowest BCUT2D eigenvalue weighted by atomic mass is 10.0. The zero-order chi connectivity index (χ0) is 26.5. The molecule has 0 radical (unpaired) electrons. The Hall–Kier alpha value is -4.18. The molecule has 1 saturated heterocycles. The Labute approximate surface area is 229 Å². The Balaban J connectivity index is 1.07. The number of halogens is 1. The Morgan fingerprint density at radius 3 is 2.77 bits per heavy atom. The molecule has 1 aliphatic heterocycles. The lowest BCUT2D eigenvalue weighted by molar-refractivity contribution is 0.0931. The monoisotopic (exact) mass is 542 g/mol. The van der Waals surface area contributed by atoms with Crippen molar-refractivity contribution in [1.82, 2.24) is 35.1 Å². The predicted molar refractivity (Wildman–Crippen MR) is 148 cm³/mol. The maximum atomic E-state index is 12.7. The molecule has 1 amide bonds. The van der Waals surface area contributed by atoms with Crippen LogP contribution in [0.4, 0.5) is 5.82 Å². The molecule has 1 saturated carbocycles. The molecule has 2 aliphatic rings. The van der Waals surface area contributed by atoms with E-state index in [0.717, 1.165) is 65.2 Å². The summed E-state index contributed by atoms with van der Waals surface area (Å²) in [6.07, 6.45) is 9.09. The van der Waals surface area contributed by atoms with Gasteiger partial charge in [0.1, 0.15) is 17.3 Å². The second kappa shape index (κ2) is 9.53. The highest BCUT2D eigenvalue weighted by Crippen LogP contribution is 2.40. The number of carbonyl (C=O) groups is 1. The van der Waals surface area contributed by atoms with Crippen molar-refractivity contribution >= 4 is 39.9 Å². The maximum Gasteiger partial charge on any atom is 0.271 e. The molecule has 7 rings (SSSR count). The number of rotatable bonds is 6. The van der Waals surface area contributed by atoms with Crippen LogP contribution in [-0.4, -0.2) is 61.4 Å². The largest absolute Gasteiger partial charge is 0.492 e. The van der Waals surface area contributed by atoms with Gasteiger partial charge < -0.3 is 15.0 Å². The zero-order valence-electron chi connectivity index (χ0n) is 21.3. The second-order valence-electron chi connectivity index (χ2n) is 10.3. The fraction of sp³-hybridized carbons (Fsp3) is 0.321. The molecule has 10 nitrogen and oxygen atoms in total. The molecule has 1 aliphatic carbocycles. The van der Waals surface area contributed by atoms with E-state index in [9.17, 15) is 4.79 Å². The molecule has 11 heteroatoms. The normalized spacial score (nSPS) is 20.6. The number of amides is 1. The van der Waals surface area contributed by atoms with Crippen molar-refractivity contribution in [3.8, 4) is 16.9 Å². The van der Waals surface area contributed by atoms with Gasteiger partial charge in [-0.05, 0) is 61.9 Å². The average molecular weight is 543 g/mol. The van der Waals surface area contributed by atoms with E-state index in [1.165, 1.54) is 0 Å². The van der Waals surface area contributed by atoms with Gasteiger partial charge in [-0.2, -0.15) is 5.10 Å². The topological polar surface area (TPSA) is 113 Å². The SMILES string of the molecule is CCOc1cc(-c2ccc(N3CC4CC(NC(=O)c5ncccc5Cl)C[C@H]4C3)nc2)c2c3cn[nH]c3nn2c1. The van der Waals surface area contributed by atoms with Crippen molar-refractivity contribution in [2.24, 2.45) is 11.8 Å². The summed E-state index contributed by atoms with van der Waals surface area (Å²) in [7, 11) is 0. The van der Waals surface area contributed by atoms with Gasteiger partial charge >= 0.3 is 0 Å². The van der Waals surface area contributed by atoms with Crippen LogP contribution in [0.3, 0.4) is 0 Å². The summed E-state index contributed by atoms with van der Waals surface area (Å²) in [5.74, 6) is 2.54. The van der Waals surface area contributed by atoms with E-state index in [1.807, 2.05) is 29.9 Å². The summed E-state index contributed by atoms with van der Waals surface area (Å²) in [6.45, 7) is 4.39. The minimum Gasteiger partial charge on any atom is -0.492 e. The van der Waals surface area contributed by atoms with Crippen LogP contribution in [-0.2, 0) is 0 Å². The Kier molecular flexibility index (Phi) is 5.84. The Morgan fingerprint density at radius 2 is 2.03 bits per heavy atom. The van der Waals surface area contributed by atoms with Gasteiger partial charge in [0, 0.05) is 42.7 Å². The zero-order valence-corrected chi connectivity index (χ0v) is 22.1. The maximum absolute atomic E-state index is 12.7. The molecule has 2 unspecified atom stereocenters. The van der Waals surface area contributed by atoms with E-state index in [-0.39, 0.29) is 17.6 Å². The molecule has 5 aromatic heterocycles. The molecule has 3 atom stereocenters. The number of nitrogens with zero attached hydrogens (tertiary/aromatic N) is 6. The standard InChI is InChI=1S/C28H27ClN8O2/c1-2-39-20-10-21(26-22-12-32-34-27(22)35-37(26)15-20)16-5-6-24(31-11-16)36-13-17-8-19(9-18(17)14-36)33-28(38)25-23(29)4-3-7-30-25/h3-7,10-12,15,17-19H,2,8-9,13-14H2,1H3,(H,33,38)(H,34,35)/t17-,18?,19?/m0/s1. The molecule has 2 fully saturated rings. The molecule has 0 aromatic carbocycles. The third kappa shape index (κ3) is 4.24. The van der Waals surface area contributed by atoms with Crippen LogP contribution in [0.2, 0.25) is 5.02 Å². The van der Waals surface area contributed by atoms with Gasteiger partial charge in [0.2, 0.25) is 0 Å². The molecular weight excluding hydrogens is 516 g/mol. The van der Waals surface area contributed by atoms with Crippen molar-refractivity contribution in [3.63, 3.8) is 0 Å². The van der Waals surface area contributed by atoms with E-state index < -0.39 is 0 Å². The summed E-state index contributed by atoms with van der Waals surface area (Å²) < 4.78 is 7.65. The van der Waals surface area contributed by atoms with Crippen molar-refractivity contribution in [2.45, 2.75) is 25.8 Å². The van der Waals surface area contributed by atoms with Crippen LogP contribution < -0.4 is 15.0 Å². The minimum atomic E-state index is -0.201. The van der Waals surface area contributed by atoms with Crippen LogP contribution in [0.5, 0.6) is 5.75 Å². The van der Waals surface area contributed by atoms with Gasteiger partial charge in [-0.25, -0.2) is 14.5 Å². The lowest BCUT2D eigenvalue weighted by Crippen LogP contribution is -2.35. The van der Waals surface area contributed by atoms with Crippen molar-refractivity contribution < 1.29 is 9.53 Å². The number of aromatic nitrogens is 6.